The molecule has 0 amide bonds. The molecule has 0 aromatic rings. The van der Waals surface area contributed by atoms with E-state index < -0.39 is 0 Å². The van der Waals surface area contributed by atoms with Crippen LogP contribution in [0.25, 0.3) is 0 Å². The number of rotatable bonds is 5. The first kappa shape index (κ1) is 15.1. The second-order valence-electron chi connectivity index (χ2n) is 6.32. The predicted octanol–water partition coefficient (Wildman–Crippen LogP) is 3.04. The minimum Gasteiger partial charge on any atom is -0.305 e. The first-order chi connectivity index (χ1) is 9.65. The zero-order valence-corrected chi connectivity index (χ0v) is 11.9. The van der Waals surface area contributed by atoms with E-state index in [1.807, 2.05) is 0 Å². The van der Waals surface area contributed by atoms with Gasteiger partial charge < -0.3 is 10.8 Å². The summed E-state index contributed by atoms with van der Waals surface area (Å²) in [5, 5.41) is 14.1. The van der Waals surface area contributed by atoms with Crippen LogP contribution < -0.4 is 0 Å². The molecular weight excluding hydrogens is 252 g/mol. The van der Waals surface area contributed by atoms with Crippen molar-refractivity contribution < 1.29 is 9.59 Å². The van der Waals surface area contributed by atoms with Gasteiger partial charge >= 0.3 is 0 Å². The van der Waals surface area contributed by atoms with Crippen LogP contribution in [0, 0.1) is 34.5 Å². The van der Waals surface area contributed by atoms with E-state index in [1.165, 1.54) is 0 Å². The van der Waals surface area contributed by atoms with Crippen LogP contribution in [-0.2, 0) is 9.59 Å². The third-order valence-electron chi connectivity index (χ3n) is 5.30. The lowest BCUT2D eigenvalue weighted by atomic mass is 9.68. The molecule has 0 aromatic heterocycles. The molecule has 2 N–H and O–H groups in total. The Morgan fingerprint density at radius 3 is 1.20 bits per heavy atom. The van der Waals surface area contributed by atoms with Crippen LogP contribution in [0.2, 0.25) is 0 Å². The molecule has 0 aromatic carbocycles. The van der Waals surface area contributed by atoms with Gasteiger partial charge in [0.15, 0.2) is 11.6 Å². The van der Waals surface area contributed by atoms with Gasteiger partial charge in [0.05, 0.1) is 12.4 Å². The van der Waals surface area contributed by atoms with Crippen LogP contribution in [0.4, 0.5) is 0 Å². The summed E-state index contributed by atoms with van der Waals surface area (Å²) in [5.74, 6) is 1.54. The number of ketones is 2. The van der Waals surface area contributed by atoms with Gasteiger partial charge in [0.2, 0.25) is 0 Å². The molecule has 2 aliphatic carbocycles. The highest BCUT2D eigenvalue weighted by atomic mass is 16.1. The Balaban J connectivity index is 1.78. The monoisotopic (exact) mass is 276 g/mol. The highest BCUT2D eigenvalue weighted by molar-refractivity contribution is 6.27. The Bertz CT molecular complexity index is 351. The molecule has 0 bridgehead atoms. The van der Waals surface area contributed by atoms with Crippen molar-refractivity contribution in [1.29, 1.82) is 10.8 Å². The summed E-state index contributed by atoms with van der Waals surface area (Å²) >= 11 is 0. The number of Topliss-reactive ketones (excluding diaryl/α,β-unsaturated/α-hetero) is 2. The molecule has 0 saturated heterocycles. The van der Waals surface area contributed by atoms with Gasteiger partial charge in [-0.05, 0) is 63.2 Å². The van der Waals surface area contributed by atoms with Crippen molar-refractivity contribution in [3.63, 3.8) is 0 Å². The lowest BCUT2D eigenvalue weighted by Crippen LogP contribution is -2.30. The van der Waals surface area contributed by atoms with E-state index in [9.17, 15) is 9.59 Å². The summed E-state index contributed by atoms with van der Waals surface area (Å²) in [7, 11) is 0. The number of nitrogens with one attached hydrogen (secondary N) is 2. The van der Waals surface area contributed by atoms with Crippen molar-refractivity contribution in [2.45, 2.75) is 51.4 Å². The van der Waals surface area contributed by atoms with E-state index in [0.29, 0.717) is 11.8 Å². The number of carbonyl (C=O) groups excluding carboxylic acids is 2. The molecule has 0 spiro atoms. The zero-order chi connectivity index (χ0) is 14.5. The lowest BCUT2D eigenvalue weighted by Gasteiger charge is -2.36. The van der Waals surface area contributed by atoms with Crippen molar-refractivity contribution in [3.05, 3.63) is 0 Å². The second kappa shape index (κ2) is 6.91. The van der Waals surface area contributed by atoms with Crippen molar-refractivity contribution in [1.82, 2.24) is 0 Å². The molecule has 4 heteroatoms. The van der Waals surface area contributed by atoms with E-state index in [-0.39, 0.29) is 23.4 Å². The number of hydrogen-bond acceptors (Lipinski definition) is 4. The summed E-state index contributed by atoms with van der Waals surface area (Å²) in [5.41, 5.74) is 0. The van der Waals surface area contributed by atoms with E-state index in [1.54, 1.807) is 0 Å². The first-order valence-electron chi connectivity index (χ1n) is 7.74. The Kier molecular flexibility index (Phi) is 5.21. The summed E-state index contributed by atoms with van der Waals surface area (Å²) in [4.78, 5) is 23.0. The molecule has 20 heavy (non-hydrogen) atoms. The van der Waals surface area contributed by atoms with Crippen LogP contribution in [0.15, 0.2) is 0 Å². The van der Waals surface area contributed by atoms with Crippen molar-refractivity contribution in [2.75, 3.05) is 0 Å². The van der Waals surface area contributed by atoms with Crippen molar-refractivity contribution in [2.24, 2.45) is 23.7 Å². The fraction of sp³-hybridized carbons (Fsp3) is 0.750. The molecule has 110 valence electrons. The molecule has 2 aliphatic rings. The van der Waals surface area contributed by atoms with Crippen molar-refractivity contribution >= 4 is 24.0 Å². The normalized spacial score (nSPS) is 34.2. The smallest absolute Gasteiger partial charge is 0.176 e. The molecule has 0 aliphatic heterocycles. The molecule has 4 nitrogen and oxygen atoms in total. The van der Waals surface area contributed by atoms with Gasteiger partial charge in [-0.15, -0.1) is 0 Å². The van der Waals surface area contributed by atoms with Gasteiger partial charge in [0, 0.05) is 11.8 Å². The van der Waals surface area contributed by atoms with Crippen LogP contribution in [0.5, 0.6) is 0 Å². The van der Waals surface area contributed by atoms with E-state index in [0.717, 1.165) is 63.8 Å². The topological polar surface area (TPSA) is 81.8 Å². The van der Waals surface area contributed by atoms with Crippen LogP contribution in [0.3, 0.4) is 0 Å². The molecule has 2 rings (SSSR count). The highest BCUT2D eigenvalue weighted by Crippen LogP contribution is 2.41. The van der Waals surface area contributed by atoms with Crippen LogP contribution in [-0.4, -0.2) is 24.0 Å². The average Bonchev–Trinajstić information content (AvgIpc) is 2.53. The minimum atomic E-state index is -0.0104. The van der Waals surface area contributed by atoms with Crippen molar-refractivity contribution in [3.8, 4) is 0 Å². The molecule has 0 radical (unpaired) electrons. The van der Waals surface area contributed by atoms with Gasteiger partial charge in [-0.3, -0.25) is 9.59 Å². The van der Waals surface area contributed by atoms with Crippen LogP contribution >= 0.6 is 0 Å². The standard InChI is InChI=1S/C16H24N2O2/c17-9-15(19)13-5-1-11(2-6-13)12-3-7-14(8-4-12)16(20)10-18/h9-14,17-18H,1-8H2. The molecular formula is C16H24N2O2. The summed E-state index contributed by atoms with van der Waals surface area (Å²) in [6, 6.07) is 0. The van der Waals surface area contributed by atoms with E-state index in [2.05, 4.69) is 0 Å². The average molecular weight is 276 g/mol. The van der Waals surface area contributed by atoms with Gasteiger partial charge in [0.25, 0.3) is 0 Å². The van der Waals surface area contributed by atoms with Crippen LogP contribution in [0.1, 0.15) is 51.4 Å². The zero-order valence-electron chi connectivity index (χ0n) is 11.9. The maximum absolute atomic E-state index is 11.5. The Hall–Kier alpha value is -1.32. The van der Waals surface area contributed by atoms with E-state index in [4.69, 9.17) is 10.8 Å². The highest BCUT2D eigenvalue weighted by Gasteiger charge is 2.33. The minimum absolute atomic E-state index is 0.0104. The maximum Gasteiger partial charge on any atom is 0.176 e. The Morgan fingerprint density at radius 2 is 0.950 bits per heavy atom. The molecule has 2 fully saturated rings. The fourth-order valence-corrected chi connectivity index (χ4v) is 3.99. The molecule has 0 atom stereocenters. The Morgan fingerprint density at radius 1 is 0.650 bits per heavy atom. The predicted molar refractivity (Wildman–Crippen MR) is 78.5 cm³/mol. The van der Waals surface area contributed by atoms with Gasteiger partial charge in [-0.1, -0.05) is 0 Å². The third kappa shape index (κ3) is 3.41. The molecule has 2 saturated carbocycles. The fourth-order valence-electron chi connectivity index (χ4n) is 3.99. The summed E-state index contributed by atoms with van der Waals surface area (Å²) < 4.78 is 0. The molecule has 0 unspecified atom stereocenters. The lowest BCUT2D eigenvalue weighted by molar-refractivity contribution is -0.118. The van der Waals surface area contributed by atoms with E-state index >= 15 is 0 Å². The quantitative estimate of drug-likeness (QED) is 0.757. The number of carbonyl (C=O) groups is 2. The van der Waals surface area contributed by atoms with Gasteiger partial charge in [-0.2, -0.15) is 0 Å². The van der Waals surface area contributed by atoms with Gasteiger partial charge in [0.1, 0.15) is 0 Å². The van der Waals surface area contributed by atoms with Gasteiger partial charge in [-0.25, -0.2) is 0 Å². The molecule has 0 heterocycles. The largest absolute Gasteiger partial charge is 0.305 e. The summed E-state index contributed by atoms with van der Waals surface area (Å²) in [6.07, 6.45) is 10.0. The Labute approximate surface area is 120 Å². The number of hydrogen-bond donors (Lipinski definition) is 2. The third-order valence-corrected chi connectivity index (χ3v) is 5.30. The summed E-state index contributed by atoms with van der Waals surface area (Å²) in [6.45, 7) is 0. The maximum atomic E-state index is 11.5. The first-order valence-corrected chi connectivity index (χ1v) is 7.74. The SMILES string of the molecule is N=CC(=O)C1CCC(C2CCC(C(=O)C=N)CC2)CC1. The second-order valence-corrected chi connectivity index (χ2v) is 6.32.